The second kappa shape index (κ2) is 8.91. The van der Waals surface area contributed by atoms with Crippen LogP contribution in [-0.2, 0) is 11.3 Å². The van der Waals surface area contributed by atoms with E-state index in [0.29, 0.717) is 6.54 Å². The first-order valence-corrected chi connectivity index (χ1v) is 9.16. The Hall–Kier alpha value is -3.13. The third-order valence-corrected chi connectivity index (χ3v) is 4.30. The summed E-state index contributed by atoms with van der Waals surface area (Å²) in [5, 5.41) is 6.62. The summed E-state index contributed by atoms with van der Waals surface area (Å²) in [6.45, 7) is -0.947. The van der Waals surface area contributed by atoms with Gasteiger partial charge in [0.15, 0.2) is 6.54 Å². The third kappa shape index (κ3) is 5.92. The molecule has 2 aromatic carbocycles. The molecule has 0 aliphatic heterocycles. The SMILES string of the molecule is C[NH+](CC(=O)NCC(F)(F)F)Cc1cn(-c2ccccc2)nc1-c1ccccc1. The normalized spacial score (nSPS) is 12.6. The number of hydrogen-bond donors (Lipinski definition) is 2. The van der Waals surface area contributed by atoms with Gasteiger partial charge in [-0.1, -0.05) is 48.5 Å². The first-order chi connectivity index (χ1) is 13.8. The van der Waals surface area contributed by atoms with E-state index in [1.165, 1.54) is 0 Å². The van der Waals surface area contributed by atoms with Gasteiger partial charge in [-0.2, -0.15) is 18.3 Å². The number of nitrogens with zero attached hydrogens (tertiary/aromatic N) is 2. The summed E-state index contributed by atoms with van der Waals surface area (Å²) < 4.78 is 38.6. The Morgan fingerprint density at radius 1 is 1.07 bits per heavy atom. The standard InChI is InChI=1S/C21H21F3N4O/c1-27(14-19(29)25-15-21(22,23)24)12-17-13-28(18-10-6-3-7-11-18)26-20(17)16-8-4-2-5-9-16/h2-11,13H,12,14-15H2,1H3,(H,25,29)/p+1. The van der Waals surface area contributed by atoms with Crippen LogP contribution in [0.15, 0.2) is 66.9 Å². The number of likely N-dealkylation sites (N-methyl/N-ethyl adjacent to an activating group) is 1. The highest BCUT2D eigenvalue weighted by Gasteiger charge is 2.28. The number of halogens is 3. The highest BCUT2D eigenvalue weighted by atomic mass is 19.4. The lowest BCUT2D eigenvalue weighted by Gasteiger charge is -2.14. The maximum Gasteiger partial charge on any atom is 0.405 e. The fraction of sp³-hybridized carbons (Fsp3) is 0.238. The number of carbonyl (C=O) groups excluding carboxylic acids is 1. The predicted molar refractivity (Wildman–Crippen MR) is 104 cm³/mol. The van der Waals surface area contributed by atoms with Crippen LogP contribution in [0.1, 0.15) is 5.56 Å². The lowest BCUT2D eigenvalue weighted by Crippen LogP contribution is -3.08. The Labute approximate surface area is 166 Å². The van der Waals surface area contributed by atoms with Crippen LogP contribution in [0.2, 0.25) is 0 Å². The summed E-state index contributed by atoms with van der Waals surface area (Å²) >= 11 is 0. The average molecular weight is 403 g/mol. The van der Waals surface area contributed by atoms with Crippen molar-refractivity contribution in [3.05, 3.63) is 72.4 Å². The van der Waals surface area contributed by atoms with E-state index >= 15 is 0 Å². The Kier molecular flexibility index (Phi) is 6.33. The van der Waals surface area contributed by atoms with Crippen LogP contribution in [-0.4, -0.2) is 42.0 Å². The zero-order valence-corrected chi connectivity index (χ0v) is 15.9. The van der Waals surface area contributed by atoms with Crippen molar-refractivity contribution in [2.45, 2.75) is 12.7 Å². The molecule has 3 rings (SSSR count). The number of quaternary nitrogens is 1. The van der Waals surface area contributed by atoms with E-state index < -0.39 is 18.6 Å². The highest BCUT2D eigenvalue weighted by Crippen LogP contribution is 2.23. The molecule has 1 heterocycles. The molecular weight excluding hydrogens is 381 g/mol. The molecule has 0 radical (unpaired) electrons. The minimum atomic E-state index is -4.42. The zero-order chi connectivity index (χ0) is 20.9. The van der Waals surface area contributed by atoms with Crippen molar-refractivity contribution in [2.75, 3.05) is 20.1 Å². The molecular formula is C21H22F3N4O+. The van der Waals surface area contributed by atoms with E-state index in [9.17, 15) is 18.0 Å². The van der Waals surface area contributed by atoms with Gasteiger partial charge in [0.1, 0.15) is 18.8 Å². The van der Waals surface area contributed by atoms with Gasteiger partial charge in [-0.05, 0) is 12.1 Å². The summed E-state index contributed by atoms with van der Waals surface area (Å²) in [5.41, 5.74) is 3.52. The van der Waals surface area contributed by atoms with Crippen LogP contribution < -0.4 is 10.2 Å². The van der Waals surface area contributed by atoms with Gasteiger partial charge >= 0.3 is 6.18 Å². The lowest BCUT2D eigenvalue weighted by molar-refractivity contribution is -0.885. The van der Waals surface area contributed by atoms with Gasteiger partial charge in [-0.3, -0.25) is 4.79 Å². The summed E-state index contributed by atoms with van der Waals surface area (Å²) in [6.07, 6.45) is -2.52. The van der Waals surface area contributed by atoms with Crippen molar-refractivity contribution in [1.29, 1.82) is 0 Å². The van der Waals surface area contributed by atoms with Gasteiger partial charge in [-0.15, -0.1) is 0 Å². The lowest BCUT2D eigenvalue weighted by atomic mass is 10.1. The number of rotatable bonds is 7. The average Bonchev–Trinajstić information content (AvgIpc) is 3.11. The van der Waals surface area contributed by atoms with Crippen molar-refractivity contribution in [3.8, 4) is 16.9 Å². The maximum absolute atomic E-state index is 12.3. The molecule has 2 N–H and O–H groups in total. The number of alkyl halides is 3. The number of para-hydroxylation sites is 1. The number of nitrogens with one attached hydrogen (secondary N) is 2. The molecule has 5 nitrogen and oxygen atoms in total. The number of carbonyl (C=O) groups is 1. The minimum Gasteiger partial charge on any atom is -0.342 e. The van der Waals surface area contributed by atoms with Crippen LogP contribution in [0.3, 0.4) is 0 Å². The number of benzene rings is 2. The van der Waals surface area contributed by atoms with Crippen LogP contribution in [0, 0.1) is 0 Å². The fourth-order valence-electron chi connectivity index (χ4n) is 3.01. The maximum atomic E-state index is 12.3. The van der Waals surface area contributed by atoms with Crippen LogP contribution >= 0.6 is 0 Å². The summed E-state index contributed by atoms with van der Waals surface area (Å²) in [6, 6.07) is 19.3. The van der Waals surface area contributed by atoms with E-state index in [1.807, 2.05) is 72.2 Å². The van der Waals surface area contributed by atoms with Gasteiger partial charge in [0.25, 0.3) is 5.91 Å². The summed E-state index contributed by atoms with van der Waals surface area (Å²) in [5.74, 6) is -0.642. The third-order valence-electron chi connectivity index (χ3n) is 4.30. The molecule has 152 valence electrons. The largest absolute Gasteiger partial charge is 0.405 e. The van der Waals surface area contributed by atoms with Crippen molar-refractivity contribution < 1.29 is 22.9 Å². The van der Waals surface area contributed by atoms with Crippen LogP contribution in [0.25, 0.3) is 16.9 Å². The molecule has 0 fully saturated rings. The molecule has 0 saturated carbocycles. The first kappa shape index (κ1) is 20.6. The molecule has 0 spiro atoms. The highest BCUT2D eigenvalue weighted by molar-refractivity contribution is 5.76. The monoisotopic (exact) mass is 403 g/mol. The van der Waals surface area contributed by atoms with Crippen LogP contribution in [0.4, 0.5) is 13.2 Å². The Morgan fingerprint density at radius 2 is 1.69 bits per heavy atom. The smallest absolute Gasteiger partial charge is 0.342 e. The molecule has 3 aromatic rings. The van der Waals surface area contributed by atoms with E-state index in [1.54, 1.807) is 11.7 Å². The quantitative estimate of drug-likeness (QED) is 0.636. The van der Waals surface area contributed by atoms with E-state index in [4.69, 9.17) is 5.10 Å². The Morgan fingerprint density at radius 3 is 2.31 bits per heavy atom. The Bertz CT molecular complexity index is 940. The van der Waals surface area contributed by atoms with Crippen molar-refractivity contribution in [3.63, 3.8) is 0 Å². The zero-order valence-electron chi connectivity index (χ0n) is 15.9. The van der Waals surface area contributed by atoms with Gasteiger partial charge < -0.3 is 10.2 Å². The number of hydrogen-bond acceptors (Lipinski definition) is 2. The van der Waals surface area contributed by atoms with Gasteiger partial charge in [0, 0.05) is 11.8 Å². The topological polar surface area (TPSA) is 51.4 Å². The molecule has 0 aliphatic carbocycles. The number of amides is 1. The van der Waals surface area contributed by atoms with Crippen molar-refractivity contribution >= 4 is 5.91 Å². The molecule has 29 heavy (non-hydrogen) atoms. The minimum absolute atomic E-state index is 0.0686. The van der Waals surface area contributed by atoms with E-state index in [-0.39, 0.29) is 6.54 Å². The fourth-order valence-corrected chi connectivity index (χ4v) is 3.01. The number of aromatic nitrogens is 2. The molecule has 1 aromatic heterocycles. The van der Waals surface area contributed by atoms with E-state index in [2.05, 4.69) is 0 Å². The van der Waals surface area contributed by atoms with E-state index in [0.717, 1.165) is 27.4 Å². The molecule has 0 saturated heterocycles. The predicted octanol–water partition coefficient (Wildman–Crippen LogP) is 2.23. The Balaban J connectivity index is 1.78. The molecule has 1 atom stereocenters. The van der Waals surface area contributed by atoms with Gasteiger partial charge in [0.2, 0.25) is 0 Å². The molecule has 8 heteroatoms. The second-order valence-electron chi connectivity index (χ2n) is 6.85. The van der Waals surface area contributed by atoms with Crippen molar-refractivity contribution in [1.82, 2.24) is 15.1 Å². The summed E-state index contributed by atoms with van der Waals surface area (Å²) in [7, 11) is 1.77. The second-order valence-corrected chi connectivity index (χ2v) is 6.85. The summed E-state index contributed by atoms with van der Waals surface area (Å²) in [4.78, 5) is 12.6. The van der Waals surface area contributed by atoms with Crippen LogP contribution in [0.5, 0.6) is 0 Å². The molecule has 0 bridgehead atoms. The molecule has 1 unspecified atom stereocenters. The molecule has 1 amide bonds. The first-order valence-electron chi connectivity index (χ1n) is 9.16. The molecule has 0 aliphatic rings. The van der Waals surface area contributed by atoms with Gasteiger partial charge in [-0.25, -0.2) is 4.68 Å². The van der Waals surface area contributed by atoms with Crippen molar-refractivity contribution in [2.24, 2.45) is 0 Å². The van der Waals surface area contributed by atoms with Gasteiger partial charge in [0.05, 0.1) is 18.3 Å².